The van der Waals surface area contributed by atoms with E-state index in [-0.39, 0.29) is 11.8 Å². The number of amides is 1. The zero-order valence-corrected chi connectivity index (χ0v) is 12.2. The number of carbonyl (C=O) groups is 1. The van der Waals surface area contributed by atoms with Crippen LogP contribution < -0.4 is 5.32 Å². The third kappa shape index (κ3) is 2.88. The third-order valence-corrected chi connectivity index (χ3v) is 4.53. The molecule has 1 amide bonds. The summed E-state index contributed by atoms with van der Waals surface area (Å²) < 4.78 is 0. The van der Waals surface area contributed by atoms with Crippen LogP contribution in [-0.4, -0.2) is 16.1 Å². The molecule has 1 aliphatic carbocycles. The fraction of sp³-hybridized carbons (Fsp3) is 0.400. The summed E-state index contributed by atoms with van der Waals surface area (Å²) in [7, 11) is 0. The molecule has 0 saturated heterocycles. The first-order valence-electron chi connectivity index (χ1n) is 6.97. The van der Waals surface area contributed by atoms with Crippen molar-refractivity contribution in [3.8, 4) is 0 Å². The minimum absolute atomic E-state index is 0.00260. The Labute approximate surface area is 122 Å². The lowest BCUT2D eigenvalue weighted by Gasteiger charge is -2.13. The van der Waals surface area contributed by atoms with E-state index in [0.29, 0.717) is 11.0 Å². The van der Waals surface area contributed by atoms with E-state index in [1.165, 1.54) is 24.2 Å². The molecule has 3 rings (SSSR count). The lowest BCUT2D eigenvalue weighted by molar-refractivity contribution is -0.117. The van der Waals surface area contributed by atoms with Crippen molar-refractivity contribution >= 4 is 22.4 Å². The molecule has 0 radical (unpaired) electrons. The number of hydrogen-bond acceptors (Lipinski definition) is 4. The van der Waals surface area contributed by atoms with Crippen LogP contribution in [0.5, 0.6) is 0 Å². The number of benzene rings is 1. The highest BCUT2D eigenvalue weighted by atomic mass is 32.1. The van der Waals surface area contributed by atoms with E-state index in [0.717, 1.165) is 17.0 Å². The van der Waals surface area contributed by atoms with E-state index in [1.807, 2.05) is 37.3 Å². The standard InChI is InChI=1S/C15H17N3OS/c1-2-12(10-6-4-3-5-7-10)13(19)16-15-18-17-14(20-15)11-8-9-11/h3-7,11-12H,2,8-9H2,1H3,(H,16,18,19)/t12-/m1/s1. The summed E-state index contributed by atoms with van der Waals surface area (Å²) in [5.74, 6) is 0.441. The van der Waals surface area contributed by atoms with E-state index in [2.05, 4.69) is 15.5 Å². The Morgan fingerprint density at radius 2 is 2.10 bits per heavy atom. The zero-order chi connectivity index (χ0) is 13.9. The van der Waals surface area contributed by atoms with Gasteiger partial charge in [-0.15, -0.1) is 10.2 Å². The second-order valence-electron chi connectivity index (χ2n) is 5.08. The van der Waals surface area contributed by atoms with Gasteiger partial charge in [0.25, 0.3) is 0 Å². The van der Waals surface area contributed by atoms with Crippen molar-refractivity contribution in [1.29, 1.82) is 0 Å². The average molecular weight is 287 g/mol. The van der Waals surface area contributed by atoms with Gasteiger partial charge >= 0.3 is 0 Å². The number of carbonyl (C=O) groups excluding carboxylic acids is 1. The van der Waals surface area contributed by atoms with Crippen LogP contribution in [0.25, 0.3) is 0 Å². The lowest BCUT2D eigenvalue weighted by atomic mass is 9.96. The summed E-state index contributed by atoms with van der Waals surface area (Å²) in [5, 5.41) is 12.8. The number of anilines is 1. The summed E-state index contributed by atoms with van der Waals surface area (Å²) in [5.41, 5.74) is 1.04. The van der Waals surface area contributed by atoms with Gasteiger partial charge in [0.05, 0.1) is 5.92 Å². The van der Waals surface area contributed by atoms with Gasteiger partial charge in [0, 0.05) is 5.92 Å². The SMILES string of the molecule is CC[C@@H](C(=O)Nc1nnc(C2CC2)s1)c1ccccc1. The normalized spacial score (nSPS) is 15.8. The van der Waals surface area contributed by atoms with E-state index in [9.17, 15) is 4.79 Å². The van der Waals surface area contributed by atoms with Gasteiger partial charge in [0.1, 0.15) is 5.01 Å². The van der Waals surface area contributed by atoms with Crippen molar-refractivity contribution in [2.75, 3.05) is 5.32 Å². The van der Waals surface area contributed by atoms with E-state index in [1.54, 1.807) is 0 Å². The number of rotatable bonds is 5. The Bertz CT molecular complexity index is 592. The minimum atomic E-state index is -0.135. The molecule has 104 valence electrons. The van der Waals surface area contributed by atoms with Gasteiger partial charge < -0.3 is 0 Å². The predicted octanol–water partition coefficient (Wildman–Crippen LogP) is 3.55. The first-order chi connectivity index (χ1) is 9.78. The molecule has 0 unspecified atom stereocenters. The summed E-state index contributed by atoms with van der Waals surface area (Å²) >= 11 is 1.50. The second kappa shape index (κ2) is 5.71. The molecule has 0 aliphatic heterocycles. The van der Waals surface area contributed by atoms with Gasteiger partial charge in [-0.25, -0.2) is 0 Å². The predicted molar refractivity (Wildman–Crippen MR) is 80.0 cm³/mol. The molecule has 5 heteroatoms. The quantitative estimate of drug-likeness (QED) is 0.915. The van der Waals surface area contributed by atoms with Crippen molar-refractivity contribution < 1.29 is 4.79 Å². The zero-order valence-electron chi connectivity index (χ0n) is 11.4. The Morgan fingerprint density at radius 1 is 1.35 bits per heavy atom. The van der Waals surface area contributed by atoms with Gasteiger partial charge in [-0.05, 0) is 24.8 Å². The highest BCUT2D eigenvalue weighted by Gasteiger charge is 2.28. The summed E-state index contributed by atoms with van der Waals surface area (Å²) in [6.45, 7) is 2.02. The van der Waals surface area contributed by atoms with Crippen LogP contribution in [0.1, 0.15) is 48.6 Å². The molecule has 1 fully saturated rings. The van der Waals surface area contributed by atoms with Gasteiger partial charge in [-0.2, -0.15) is 0 Å². The molecule has 1 aliphatic rings. The van der Waals surface area contributed by atoms with Crippen molar-refractivity contribution in [3.05, 3.63) is 40.9 Å². The molecule has 20 heavy (non-hydrogen) atoms. The van der Waals surface area contributed by atoms with Crippen LogP contribution in [0.15, 0.2) is 30.3 Å². The van der Waals surface area contributed by atoms with Gasteiger partial charge in [0.15, 0.2) is 0 Å². The number of aromatic nitrogens is 2. The van der Waals surface area contributed by atoms with Crippen molar-refractivity contribution in [2.24, 2.45) is 0 Å². The summed E-state index contributed by atoms with van der Waals surface area (Å²) in [6, 6.07) is 9.86. The number of nitrogens with one attached hydrogen (secondary N) is 1. The monoisotopic (exact) mass is 287 g/mol. The van der Waals surface area contributed by atoms with E-state index < -0.39 is 0 Å². The van der Waals surface area contributed by atoms with Crippen LogP contribution in [0.4, 0.5) is 5.13 Å². The molecule has 1 aromatic carbocycles. The first-order valence-corrected chi connectivity index (χ1v) is 7.78. The van der Waals surface area contributed by atoms with Crippen LogP contribution in [0.2, 0.25) is 0 Å². The smallest absolute Gasteiger partial charge is 0.233 e. The van der Waals surface area contributed by atoms with E-state index >= 15 is 0 Å². The van der Waals surface area contributed by atoms with Crippen LogP contribution in [0.3, 0.4) is 0 Å². The highest BCUT2D eigenvalue weighted by molar-refractivity contribution is 7.15. The third-order valence-electron chi connectivity index (χ3n) is 3.52. The second-order valence-corrected chi connectivity index (χ2v) is 6.09. The van der Waals surface area contributed by atoms with Crippen LogP contribution in [0, 0.1) is 0 Å². The maximum atomic E-state index is 12.4. The maximum absolute atomic E-state index is 12.4. The molecule has 1 N–H and O–H groups in total. The fourth-order valence-electron chi connectivity index (χ4n) is 2.23. The largest absolute Gasteiger partial charge is 0.300 e. The summed E-state index contributed by atoms with van der Waals surface area (Å²) in [4.78, 5) is 12.4. The lowest BCUT2D eigenvalue weighted by Crippen LogP contribution is -2.20. The molecule has 1 heterocycles. The van der Waals surface area contributed by atoms with Gasteiger partial charge in [0.2, 0.25) is 11.0 Å². The Kier molecular flexibility index (Phi) is 3.78. The Hall–Kier alpha value is -1.75. The first kappa shape index (κ1) is 13.2. The number of hydrogen-bond donors (Lipinski definition) is 1. The van der Waals surface area contributed by atoms with E-state index in [4.69, 9.17) is 0 Å². The molecular formula is C15H17N3OS. The van der Waals surface area contributed by atoms with Crippen molar-refractivity contribution in [1.82, 2.24) is 10.2 Å². The molecule has 1 saturated carbocycles. The molecule has 1 atom stereocenters. The van der Waals surface area contributed by atoms with Crippen LogP contribution >= 0.6 is 11.3 Å². The molecule has 4 nitrogen and oxygen atoms in total. The average Bonchev–Trinajstić information content (AvgIpc) is 3.22. The Balaban J connectivity index is 1.70. The van der Waals surface area contributed by atoms with Gasteiger partial charge in [-0.3, -0.25) is 10.1 Å². The maximum Gasteiger partial charge on any atom is 0.233 e. The molecule has 0 spiro atoms. The molecule has 2 aromatic rings. The van der Waals surface area contributed by atoms with Gasteiger partial charge in [-0.1, -0.05) is 48.6 Å². The van der Waals surface area contributed by atoms with Crippen LogP contribution in [-0.2, 0) is 4.79 Å². The topological polar surface area (TPSA) is 54.9 Å². The summed E-state index contributed by atoms with van der Waals surface area (Å²) in [6.07, 6.45) is 3.17. The highest BCUT2D eigenvalue weighted by Crippen LogP contribution is 2.42. The molecule has 1 aromatic heterocycles. The van der Waals surface area contributed by atoms with Crippen molar-refractivity contribution in [2.45, 2.75) is 38.0 Å². The number of nitrogens with zero attached hydrogens (tertiary/aromatic N) is 2. The fourth-order valence-corrected chi connectivity index (χ4v) is 3.15. The minimum Gasteiger partial charge on any atom is -0.300 e. The van der Waals surface area contributed by atoms with Crippen molar-refractivity contribution in [3.63, 3.8) is 0 Å². The molecule has 0 bridgehead atoms. The molecular weight excluding hydrogens is 270 g/mol. The Morgan fingerprint density at radius 3 is 2.75 bits per heavy atom.